The first-order valence-electron chi connectivity index (χ1n) is 10.9. The van der Waals surface area contributed by atoms with Crippen LogP contribution in [0.2, 0.25) is 0 Å². The van der Waals surface area contributed by atoms with Crippen LogP contribution in [-0.2, 0) is 20.9 Å². The molecule has 8 nitrogen and oxygen atoms in total. The second-order valence-corrected chi connectivity index (χ2v) is 8.34. The smallest absolute Gasteiger partial charge is 0.408 e. The number of amides is 2. The number of nitriles is 1. The fourth-order valence-electron chi connectivity index (χ4n) is 3.51. The monoisotopic (exact) mass is 430 g/mol. The lowest BCUT2D eigenvalue weighted by Gasteiger charge is -2.25. The lowest BCUT2D eigenvalue weighted by atomic mass is 9.95. The van der Waals surface area contributed by atoms with E-state index in [4.69, 9.17) is 9.47 Å². The Morgan fingerprint density at radius 1 is 1.29 bits per heavy atom. The molecule has 3 N–H and O–H groups in total. The molecule has 8 heteroatoms. The minimum Gasteiger partial charge on any atom is -0.445 e. The highest BCUT2D eigenvalue weighted by Gasteiger charge is 2.26. The van der Waals surface area contributed by atoms with E-state index in [-0.39, 0.29) is 24.3 Å². The van der Waals surface area contributed by atoms with Crippen molar-refractivity contribution < 1.29 is 19.1 Å². The average Bonchev–Trinajstić information content (AvgIpc) is 2.73. The average molecular weight is 431 g/mol. The van der Waals surface area contributed by atoms with Crippen molar-refractivity contribution >= 4 is 12.0 Å². The van der Waals surface area contributed by atoms with E-state index in [0.29, 0.717) is 26.2 Å². The first-order valence-corrected chi connectivity index (χ1v) is 10.9. The van der Waals surface area contributed by atoms with Crippen LogP contribution in [0.3, 0.4) is 0 Å². The van der Waals surface area contributed by atoms with Crippen LogP contribution < -0.4 is 16.0 Å². The zero-order valence-corrected chi connectivity index (χ0v) is 18.4. The largest absolute Gasteiger partial charge is 0.445 e. The maximum atomic E-state index is 12.8. The van der Waals surface area contributed by atoms with Crippen molar-refractivity contribution in [2.75, 3.05) is 19.9 Å². The number of carbonyl (C=O) groups excluding carboxylic acids is 2. The fraction of sp³-hybridized carbons (Fsp3) is 0.609. The van der Waals surface area contributed by atoms with Gasteiger partial charge >= 0.3 is 6.09 Å². The van der Waals surface area contributed by atoms with Gasteiger partial charge in [-0.1, -0.05) is 44.2 Å². The summed E-state index contributed by atoms with van der Waals surface area (Å²) >= 11 is 0. The van der Waals surface area contributed by atoms with Crippen molar-refractivity contribution in [2.45, 2.75) is 58.2 Å². The van der Waals surface area contributed by atoms with Gasteiger partial charge in [-0.3, -0.25) is 10.1 Å². The Labute approximate surface area is 184 Å². The van der Waals surface area contributed by atoms with E-state index in [1.807, 2.05) is 44.2 Å². The van der Waals surface area contributed by atoms with Gasteiger partial charge in [-0.25, -0.2) is 4.79 Å². The van der Waals surface area contributed by atoms with Gasteiger partial charge in [0.1, 0.15) is 18.7 Å². The topological polar surface area (TPSA) is 112 Å². The second-order valence-electron chi connectivity index (χ2n) is 8.34. The number of benzene rings is 1. The Morgan fingerprint density at radius 2 is 2.06 bits per heavy atom. The molecule has 1 aliphatic heterocycles. The maximum absolute atomic E-state index is 12.8. The van der Waals surface area contributed by atoms with Crippen LogP contribution in [0.15, 0.2) is 30.3 Å². The molecule has 2 rings (SSSR count). The van der Waals surface area contributed by atoms with E-state index in [2.05, 4.69) is 22.0 Å². The molecular formula is C23H34N4O4. The summed E-state index contributed by atoms with van der Waals surface area (Å²) in [5.74, 6) is 0.0157. The number of rotatable bonds is 9. The molecule has 0 bridgehead atoms. The zero-order chi connectivity index (χ0) is 22.5. The van der Waals surface area contributed by atoms with Gasteiger partial charge in [0, 0.05) is 0 Å². The minimum atomic E-state index is -0.767. The first kappa shape index (κ1) is 24.6. The summed E-state index contributed by atoms with van der Waals surface area (Å²) in [5.41, 5.74) is 0.865. The molecule has 0 saturated carbocycles. The van der Waals surface area contributed by atoms with Crippen molar-refractivity contribution in [2.24, 2.45) is 11.8 Å². The Balaban J connectivity index is 1.89. The van der Waals surface area contributed by atoms with E-state index in [1.54, 1.807) is 0 Å². The summed E-state index contributed by atoms with van der Waals surface area (Å²) in [7, 11) is 0. The normalized spacial score (nSPS) is 18.7. The van der Waals surface area contributed by atoms with Crippen LogP contribution in [0.5, 0.6) is 0 Å². The predicted octanol–water partition coefficient (Wildman–Crippen LogP) is 2.70. The summed E-state index contributed by atoms with van der Waals surface area (Å²) in [5, 5.41) is 18.2. The highest BCUT2D eigenvalue weighted by molar-refractivity contribution is 5.86. The molecule has 0 unspecified atom stereocenters. The number of alkyl carbamates (subject to hydrolysis) is 1. The SMILES string of the molecule is CC(C)C[C@H](NC(=O)OCc1ccccc1)C(=O)N[C@H](C#N)C[C@@H]1CCCNCOC1. The zero-order valence-electron chi connectivity index (χ0n) is 18.4. The van der Waals surface area contributed by atoms with Gasteiger partial charge in [0.25, 0.3) is 0 Å². The van der Waals surface area contributed by atoms with Gasteiger partial charge in [-0.15, -0.1) is 0 Å². The van der Waals surface area contributed by atoms with Crippen LogP contribution in [0.1, 0.15) is 45.1 Å². The molecule has 170 valence electrons. The summed E-state index contributed by atoms with van der Waals surface area (Å²) in [4.78, 5) is 25.1. The lowest BCUT2D eigenvalue weighted by molar-refractivity contribution is -0.124. The number of carbonyl (C=O) groups is 2. The van der Waals surface area contributed by atoms with E-state index in [0.717, 1.165) is 24.9 Å². The van der Waals surface area contributed by atoms with Gasteiger partial charge in [0.2, 0.25) is 5.91 Å². The van der Waals surface area contributed by atoms with Crippen LogP contribution in [0.25, 0.3) is 0 Å². The summed E-state index contributed by atoms with van der Waals surface area (Å²) in [6.07, 6.45) is 2.25. The molecule has 0 aliphatic carbocycles. The van der Waals surface area contributed by atoms with Gasteiger partial charge in [-0.2, -0.15) is 5.26 Å². The molecule has 2 amide bonds. The van der Waals surface area contributed by atoms with Gasteiger partial charge < -0.3 is 20.1 Å². The van der Waals surface area contributed by atoms with E-state index in [9.17, 15) is 14.9 Å². The van der Waals surface area contributed by atoms with Gasteiger partial charge in [-0.05, 0) is 49.6 Å². The molecule has 0 spiro atoms. The number of nitrogens with one attached hydrogen (secondary N) is 3. The molecule has 1 aromatic carbocycles. The van der Waals surface area contributed by atoms with Crippen molar-refractivity contribution in [3.05, 3.63) is 35.9 Å². The summed E-state index contributed by atoms with van der Waals surface area (Å²) in [6, 6.07) is 10.1. The Bertz CT molecular complexity index is 712. The minimum absolute atomic E-state index is 0.125. The summed E-state index contributed by atoms with van der Waals surface area (Å²) in [6.45, 7) is 6.01. The fourth-order valence-corrected chi connectivity index (χ4v) is 3.51. The third-order valence-electron chi connectivity index (χ3n) is 5.09. The quantitative estimate of drug-likeness (QED) is 0.555. The highest BCUT2D eigenvalue weighted by atomic mass is 16.5. The van der Waals surface area contributed by atoms with E-state index in [1.165, 1.54) is 0 Å². The van der Waals surface area contributed by atoms with E-state index < -0.39 is 18.2 Å². The highest BCUT2D eigenvalue weighted by Crippen LogP contribution is 2.16. The maximum Gasteiger partial charge on any atom is 0.408 e. The van der Waals surface area contributed by atoms with E-state index >= 15 is 0 Å². The van der Waals surface area contributed by atoms with Crippen molar-refractivity contribution in [1.29, 1.82) is 5.26 Å². The third kappa shape index (κ3) is 9.81. The molecule has 31 heavy (non-hydrogen) atoms. The molecule has 1 fully saturated rings. The van der Waals surface area contributed by atoms with Crippen LogP contribution in [0, 0.1) is 23.2 Å². The van der Waals surface area contributed by atoms with Gasteiger partial charge in [0.15, 0.2) is 0 Å². The van der Waals surface area contributed by atoms with Gasteiger partial charge in [0.05, 0.1) is 19.4 Å². The molecule has 0 radical (unpaired) electrons. The second kappa shape index (κ2) is 13.6. The number of hydrogen-bond donors (Lipinski definition) is 3. The molecule has 1 saturated heterocycles. The number of nitrogens with zero attached hydrogens (tertiary/aromatic N) is 1. The molecule has 1 heterocycles. The summed E-state index contributed by atoms with van der Waals surface area (Å²) < 4.78 is 10.8. The molecule has 1 aromatic rings. The van der Waals surface area contributed by atoms with Crippen molar-refractivity contribution in [1.82, 2.24) is 16.0 Å². The third-order valence-corrected chi connectivity index (χ3v) is 5.09. The van der Waals surface area contributed by atoms with Crippen molar-refractivity contribution in [3.8, 4) is 6.07 Å². The first-order chi connectivity index (χ1) is 15.0. The Hall–Kier alpha value is -2.63. The van der Waals surface area contributed by atoms with Crippen molar-refractivity contribution in [3.63, 3.8) is 0 Å². The Kier molecular flexibility index (Phi) is 10.8. The molecule has 1 aliphatic rings. The molecule has 3 atom stereocenters. The van der Waals surface area contributed by atoms with Crippen LogP contribution >= 0.6 is 0 Å². The Morgan fingerprint density at radius 3 is 2.77 bits per heavy atom. The molecular weight excluding hydrogens is 396 g/mol. The van der Waals surface area contributed by atoms with Crippen LogP contribution in [0.4, 0.5) is 4.79 Å². The standard InChI is InChI=1S/C23H34N4O4/c1-17(2)11-21(27-23(29)31-15-18-7-4-3-5-8-18)22(28)26-20(13-24)12-19-9-6-10-25-16-30-14-19/h3-5,7-8,17,19-21,25H,6,9-12,14-16H2,1-2H3,(H,26,28)(H,27,29)/t19-,20-,21-/m0/s1. The predicted molar refractivity (Wildman–Crippen MR) is 117 cm³/mol. The number of hydrogen-bond acceptors (Lipinski definition) is 6. The van der Waals surface area contributed by atoms with Crippen LogP contribution in [-0.4, -0.2) is 44.0 Å². The lowest BCUT2D eigenvalue weighted by Crippen LogP contribution is -2.50. The number of ether oxygens (including phenoxy) is 2. The molecule has 0 aromatic heterocycles.